The van der Waals surface area contributed by atoms with Gasteiger partial charge in [0.15, 0.2) is 0 Å². The summed E-state index contributed by atoms with van der Waals surface area (Å²) >= 11 is 5.96. The molecule has 1 aliphatic heterocycles. The molecule has 1 atom stereocenters. The number of hydrogen-bond acceptors (Lipinski definition) is 3. The van der Waals surface area contributed by atoms with Crippen LogP contribution in [0.4, 0.5) is 18.0 Å². The first kappa shape index (κ1) is 19.7. The van der Waals surface area contributed by atoms with Crippen molar-refractivity contribution in [1.82, 2.24) is 15.5 Å². The minimum atomic E-state index is -5.28. The summed E-state index contributed by atoms with van der Waals surface area (Å²) in [5.74, 6) is -2.81. The van der Waals surface area contributed by atoms with E-state index in [0.717, 1.165) is 0 Å². The van der Waals surface area contributed by atoms with Gasteiger partial charge in [0, 0.05) is 10.6 Å². The second-order valence-electron chi connectivity index (χ2n) is 5.98. The van der Waals surface area contributed by atoms with E-state index in [1.165, 1.54) is 36.4 Å². The zero-order chi connectivity index (χ0) is 20.5. The monoisotopic (exact) mass is 411 g/mol. The molecule has 0 unspecified atom stereocenters. The molecule has 6 nitrogen and oxygen atoms in total. The number of benzene rings is 2. The molecule has 1 heterocycles. The summed E-state index contributed by atoms with van der Waals surface area (Å²) in [5, 5.41) is 3.41. The fourth-order valence-corrected chi connectivity index (χ4v) is 2.89. The van der Waals surface area contributed by atoms with Crippen molar-refractivity contribution in [3.05, 3.63) is 70.7 Å². The molecule has 0 aromatic heterocycles. The van der Waals surface area contributed by atoms with Crippen LogP contribution in [0.15, 0.2) is 54.6 Å². The largest absolute Gasteiger partial charge is 0.440 e. The number of nitrogens with one attached hydrogen (secondary N) is 2. The van der Waals surface area contributed by atoms with Gasteiger partial charge in [-0.15, -0.1) is 0 Å². The smallest absolute Gasteiger partial charge is 0.314 e. The SMILES string of the molecule is O=C(N[C@]1(C(F)(F)F)NC(=O)N(Cc2ccccc2Cl)C1=O)c1ccccc1. The highest BCUT2D eigenvalue weighted by atomic mass is 35.5. The van der Waals surface area contributed by atoms with Crippen LogP contribution in [0, 0.1) is 0 Å². The Labute approximate surface area is 162 Å². The molecular formula is C18H13ClF3N3O3. The zero-order valence-electron chi connectivity index (χ0n) is 14.1. The molecule has 2 aromatic carbocycles. The standard InChI is InChI=1S/C18H13ClF3N3O3/c19-13-9-5-4-8-12(13)10-25-15(27)17(18(20,21)22,24-16(25)28)23-14(26)11-6-2-1-3-7-11/h1-9H,10H2,(H,23,26)(H,24,28)/t17-/m0/s1. The Morgan fingerprint density at radius 1 is 1.07 bits per heavy atom. The predicted octanol–water partition coefficient (Wildman–Crippen LogP) is 3.08. The molecule has 0 aliphatic carbocycles. The van der Waals surface area contributed by atoms with Crippen LogP contribution >= 0.6 is 11.6 Å². The molecule has 1 saturated heterocycles. The zero-order valence-corrected chi connectivity index (χ0v) is 14.8. The Hall–Kier alpha value is -3.07. The maximum Gasteiger partial charge on any atom is 0.440 e. The molecule has 4 amide bonds. The summed E-state index contributed by atoms with van der Waals surface area (Å²) in [5.41, 5.74) is -3.39. The number of rotatable bonds is 4. The lowest BCUT2D eigenvalue weighted by molar-refractivity contribution is -0.200. The van der Waals surface area contributed by atoms with Gasteiger partial charge >= 0.3 is 12.2 Å². The van der Waals surface area contributed by atoms with Crippen LogP contribution in [0.3, 0.4) is 0 Å². The molecule has 10 heteroatoms. The lowest BCUT2D eigenvalue weighted by Crippen LogP contribution is -2.69. The van der Waals surface area contributed by atoms with Crippen LogP contribution in [0.5, 0.6) is 0 Å². The van der Waals surface area contributed by atoms with E-state index >= 15 is 0 Å². The molecule has 3 rings (SSSR count). The van der Waals surface area contributed by atoms with Crippen molar-refractivity contribution in [3.8, 4) is 0 Å². The van der Waals surface area contributed by atoms with Crippen LogP contribution < -0.4 is 10.6 Å². The molecule has 0 spiro atoms. The first-order valence-electron chi connectivity index (χ1n) is 7.97. The van der Waals surface area contributed by atoms with Crippen molar-refractivity contribution in [2.75, 3.05) is 0 Å². The van der Waals surface area contributed by atoms with Crippen molar-refractivity contribution >= 4 is 29.4 Å². The van der Waals surface area contributed by atoms with Gasteiger partial charge in [-0.1, -0.05) is 48.0 Å². The quantitative estimate of drug-likeness (QED) is 0.759. The summed E-state index contributed by atoms with van der Waals surface area (Å²) in [6.45, 7) is -0.483. The number of urea groups is 1. The number of imide groups is 1. The number of amides is 4. The normalized spacial score (nSPS) is 19.5. The molecule has 1 fully saturated rings. The molecule has 1 aliphatic rings. The van der Waals surface area contributed by atoms with Crippen LogP contribution in [-0.2, 0) is 11.3 Å². The highest BCUT2D eigenvalue weighted by Gasteiger charge is 2.68. The number of nitrogens with zero attached hydrogens (tertiary/aromatic N) is 1. The fraction of sp³-hybridized carbons (Fsp3) is 0.167. The Balaban J connectivity index is 1.93. The van der Waals surface area contributed by atoms with E-state index in [4.69, 9.17) is 11.6 Å². The maximum atomic E-state index is 13.8. The Morgan fingerprint density at radius 3 is 2.29 bits per heavy atom. The second kappa shape index (κ2) is 7.16. The van der Waals surface area contributed by atoms with Gasteiger partial charge in [0.2, 0.25) is 0 Å². The van der Waals surface area contributed by atoms with E-state index in [-0.39, 0.29) is 16.1 Å². The third kappa shape index (κ3) is 3.40. The highest BCUT2D eigenvalue weighted by molar-refractivity contribution is 6.31. The van der Waals surface area contributed by atoms with Gasteiger partial charge in [0.25, 0.3) is 17.5 Å². The highest BCUT2D eigenvalue weighted by Crippen LogP contribution is 2.35. The maximum absolute atomic E-state index is 13.8. The van der Waals surface area contributed by atoms with Gasteiger partial charge in [-0.3, -0.25) is 19.8 Å². The van der Waals surface area contributed by atoms with Crippen molar-refractivity contribution < 1.29 is 27.6 Å². The average molecular weight is 412 g/mol. The van der Waals surface area contributed by atoms with Crippen molar-refractivity contribution in [2.45, 2.75) is 18.4 Å². The van der Waals surface area contributed by atoms with Gasteiger partial charge in [0.1, 0.15) is 0 Å². The molecule has 0 bridgehead atoms. The van der Waals surface area contributed by atoms with Crippen molar-refractivity contribution in [2.24, 2.45) is 0 Å². The minimum Gasteiger partial charge on any atom is -0.314 e. The summed E-state index contributed by atoms with van der Waals surface area (Å²) in [6, 6.07) is 11.8. The van der Waals surface area contributed by atoms with E-state index in [0.29, 0.717) is 4.90 Å². The van der Waals surface area contributed by atoms with Gasteiger partial charge in [-0.2, -0.15) is 13.2 Å². The lowest BCUT2D eigenvalue weighted by Gasteiger charge is -2.29. The van der Waals surface area contributed by atoms with E-state index in [9.17, 15) is 27.6 Å². The summed E-state index contributed by atoms with van der Waals surface area (Å²) in [7, 11) is 0. The van der Waals surface area contributed by atoms with E-state index in [1.807, 2.05) is 0 Å². The van der Waals surface area contributed by atoms with Crippen LogP contribution in [0.1, 0.15) is 15.9 Å². The molecule has 28 heavy (non-hydrogen) atoms. The van der Waals surface area contributed by atoms with Crippen molar-refractivity contribution in [1.29, 1.82) is 0 Å². The second-order valence-corrected chi connectivity index (χ2v) is 6.39. The number of carbonyl (C=O) groups is 3. The number of halogens is 4. The van der Waals surface area contributed by atoms with Crippen LogP contribution in [-0.4, -0.2) is 34.6 Å². The summed E-state index contributed by atoms with van der Waals surface area (Å²) in [6.07, 6.45) is -5.28. The van der Waals surface area contributed by atoms with Crippen LogP contribution in [0.25, 0.3) is 0 Å². The molecule has 146 valence electrons. The third-order valence-electron chi connectivity index (χ3n) is 4.15. The average Bonchev–Trinajstić information content (AvgIpc) is 2.89. The summed E-state index contributed by atoms with van der Waals surface area (Å²) in [4.78, 5) is 37.4. The number of carbonyl (C=O) groups excluding carboxylic acids is 3. The molecule has 0 radical (unpaired) electrons. The number of alkyl halides is 3. The topological polar surface area (TPSA) is 78.5 Å². The Morgan fingerprint density at radius 2 is 1.68 bits per heavy atom. The van der Waals surface area contributed by atoms with Crippen molar-refractivity contribution in [3.63, 3.8) is 0 Å². The predicted molar refractivity (Wildman–Crippen MR) is 93.2 cm³/mol. The lowest BCUT2D eigenvalue weighted by atomic mass is 10.1. The van der Waals surface area contributed by atoms with Gasteiger partial charge in [-0.05, 0) is 23.8 Å². The van der Waals surface area contributed by atoms with E-state index in [2.05, 4.69) is 0 Å². The third-order valence-corrected chi connectivity index (χ3v) is 4.52. The van der Waals surface area contributed by atoms with E-state index in [1.54, 1.807) is 28.8 Å². The fourth-order valence-electron chi connectivity index (χ4n) is 2.70. The minimum absolute atomic E-state index is 0.0993. The van der Waals surface area contributed by atoms with E-state index < -0.39 is 36.2 Å². The molecule has 2 N–H and O–H groups in total. The van der Waals surface area contributed by atoms with Gasteiger partial charge < -0.3 is 5.32 Å². The number of hydrogen-bond donors (Lipinski definition) is 2. The van der Waals surface area contributed by atoms with Gasteiger partial charge in [0.05, 0.1) is 6.54 Å². The van der Waals surface area contributed by atoms with Gasteiger partial charge in [-0.25, -0.2) is 4.79 Å². The first-order chi connectivity index (χ1) is 13.2. The summed E-state index contributed by atoms with van der Waals surface area (Å²) < 4.78 is 41.4. The van der Waals surface area contributed by atoms with Crippen LogP contribution in [0.2, 0.25) is 5.02 Å². The molecular weight excluding hydrogens is 399 g/mol. The first-order valence-corrected chi connectivity index (χ1v) is 8.35. The molecule has 2 aromatic rings. The molecule has 0 saturated carbocycles. The Kier molecular flexibility index (Phi) is 5.03. The Bertz CT molecular complexity index is 936.